The van der Waals surface area contributed by atoms with Crippen molar-refractivity contribution in [1.82, 2.24) is 5.32 Å². The minimum atomic E-state index is 0.447. The summed E-state index contributed by atoms with van der Waals surface area (Å²) < 4.78 is 0. The fraction of sp³-hybridized carbons (Fsp3) is 0.867. The van der Waals surface area contributed by atoms with Crippen molar-refractivity contribution in [3.8, 4) is 0 Å². The topological polar surface area (TPSA) is 12.0 Å². The van der Waals surface area contributed by atoms with Crippen molar-refractivity contribution in [3.05, 3.63) is 11.6 Å². The highest BCUT2D eigenvalue weighted by molar-refractivity contribution is 4.96. The lowest BCUT2D eigenvalue weighted by molar-refractivity contribution is 0.133. The molecule has 1 heteroatoms. The first-order chi connectivity index (χ1) is 7.41. The summed E-state index contributed by atoms with van der Waals surface area (Å²) in [6.45, 7) is 12.5. The van der Waals surface area contributed by atoms with Crippen molar-refractivity contribution >= 4 is 0 Å². The molecule has 2 unspecified atom stereocenters. The number of hydrogen-bond donors (Lipinski definition) is 1. The molecular weight excluding hydrogens is 194 g/mol. The molecule has 0 spiro atoms. The van der Waals surface area contributed by atoms with Crippen LogP contribution in [-0.4, -0.2) is 12.6 Å². The van der Waals surface area contributed by atoms with E-state index in [1.54, 1.807) is 0 Å². The quantitative estimate of drug-likeness (QED) is 0.709. The second kappa shape index (κ2) is 5.86. The Morgan fingerprint density at radius 3 is 2.38 bits per heavy atom. The van der Waals surface area contributed by atoms with Crippen LogP contribution in [0.25, 0.3) is 0 Å². The van der Waals surface area contributed by atoms with Crippen LogP contribution in [0.15, 0.2) is 11.6 Å². The van der Waals surface area contributed by atoms with E-state index in [0.29, 0.717) is 5.41 Å². The molecule has 2 atom stereocenters. The van der Waals surface area contributed by atoms with E-state index >= 15 is 0 Å². The van der Waals surface area contributed by atoms with Gasteiger partial charge in [0.25, 0.3) is 0 Å². The summed E-state index contributed by atoms with van der Waals surface area (Å²) in [5, 5.41) is 3.73. The molecule has 0 heterocycles. The molecule has 1 aliphatic carbocycles. The molecule has 1 aliphatic rings. The van der Waals surface area contributed by atoms with Gasteiger partial charge in [0.15, 0.2) is 0 Å². The minimum absolute atomic E-state index is 0.447. The first kappa shape index (κ1) is 13.8. The lowest BCUT2D eigenvalue weighted by atomic mass is 9.69. The molecule has 94 valence electrons. The average Bonchev–Trinajstić information content (AvgIpc) is 2.16. The van der Waals surface area contributed by atoms with Crippen LogP contribution in [-0.2, 0) is 0 Å². The van der Waals surface area contributed by atoms with E-state index in [-0.39, 0.29) is 0 Å². The largest absolute Gasteiger partial charge is 0.310 e. The van der Waals surface area contributed by atoms with Crippen LogP contribution in [0.1, 0.15) is 60.3 Å². The van der Waals surface area contributed by atoms with Gasteiger partial charge in [-0.15, -0.1) is 0 Å². The molecule has 0 aromatic carbocycles. The Balaban J connectivity index is 2.51. The first-order valence-electron chi connectivity index (χ1n) is 6.78. The van der Waals surface area contributed by atoms with Gasteiger partial charge in [-0.05, 0) is 38.0 Å². The summed E-state index contributed by atoms with van der Waals surface area (Å²) in [5.74, 6) is 0.840. The predicted molar refractivity (Wildman–Crippen MR) is 72.6 cm³/mol. The third-order valence-electron chi connectivity index (χ3n) is 3.77. The fourth-order valence-corrected chi connectivity index (χ4v) is 2.83. The van der Waals surface area contributed by atoms with E-state index in [2.05, 4.69) is 46.0 Å². The van der Waals surface area contributed by atoms with Crippen LogP contribution in [0.4, 0.5) is 0 Å². The van der Waals surface area contributed by atoms with Crippen LogP contribution in [0.5, 0.6) is 0 Å². The zero-order valence-electron chi connectivity index (χ0n) is 11.8. The van der Waals surface area contributed by atoms with Gasteiger partial charge in [0, 0.05) is 12.6 Å². The normalized spacial score (nSPS) is 26.6. The van der Waals surface area contributed by atoms with E-state index in [9.17, 15) is 0 Å². The average molecular weight is 223 g/mol. The number of nitrogens with one attached hydrogen (secondary N) is 1. The molecule has 0 aliphatic heterocycles. The zero-order chi connectivity index (χ0) is 12.2. The molecule has 0 amide bonds. The van der Waals surface area contributed by atoms with Gasteiger partial charge < -0.3 is 5.32 Å². The summed E-state index contributed by atoms with van der Waals surface area (Å²) in [5.41, 5.74) is 1.86. The van der Waals surface area contributed by atoms with Gasteiger partial charge >= 0.3 is 0 Å². The second-order valence-electron chi connectivity index (χ2n) is 6.55. The van der Waals surface area contributed by atoms with Crippen LogP contribution < -0.4 is 5.32 Å². The maximum Gasteiger partial charge on any atom is 0.0140 e. The second-order valence-corrected chi connectivity index (χ2v) is 6.55. The number of rotatable bonds is 3. The Morgan fingerprint density at radius 2 is 1.81 bits per heavy atom. The molecular formula is C15H29N. The van der Waals surface area contributed by atoms with Crippen LogP contribution in [0.2, 0.25) is 0 Å². The van der Waals surface area contributed by atoms with Gasteiger partial charge in [-0.1, -0.05) is 45.3 Å². The van der Waals surface area contributed by atoms with E-state index < -0.39 is 0 Å². The number of allylic oxidation sites excluding steroid dienone is 1. The zero-order valence-corrected chi connectivity index (χ0v) is 11.8. The summed E-state index contributed by atoms with van der Waals surface area (Å²) in [4.78, 5) is 0. The van der Waals surface area contributed by atoms with E-state index in [4.69, 9.17) is 0 Å². The maximum atomic E-state index is 3.73. The Kier molecular flexibility index (Phi) is 5.04. The highest BCUT2D eigenvalue weighted by atomic mass is 14.9. The van der Waals surface area contributed by atoms with Gasteiger partial charge in [0.05, 0.1) is 0 Å². The highest BCUT2D eigenvalue weighted by Gasteiger charge is 2.33. The molecule has 1 saturated carbocycles. The number of hydrogen-bond acceptors (Lipinski definition) is 1. The van der Waals surface area contributed by atoms with Crippen molar-refractivity contribution in [2.24, 2.45) is 11.3 Å². The molecule has 0 aromatic heterocycles. The molecule has 0 aromatic rings. The van der Waals surface area contributed by atoms with Crippen molar-refractivity contribution in [2.75, 3.05) is 6.54 Å². The Morgan fingerprint density at radius 1 is 1.19 bits per heavy atom. The van der Waals surface area contributed by atoms with E-state index in [1.807, 2.05) is 0 Å². The fourth-order valence-electron chi connectivity index (χ4n) is 2.83. The Bertz CT molecular complexity index is 230. The van der Waals surface area contributed by atoms with Crippen LogP contribution in [0, 0.1) is 11.3 Å². The summed E-state index contributed by atoms with van der Waals surface area (Å²) >= 11 is 0. The van der Waals surface area contributed by atoms with Crippen molar-refractivity contribution in [1.29, 1.82) is 0 Å². The molecule has 1 N–H and O–H groups in total. The third-order valence-corrected chi connectivity index (χ3v) is 3.77. The lowest BCUT2D eigenvalue weighted by Gasteiger charge is -2.41. The molecule has 16 heavy (non-hydrogen) atoms. The van der Waals surface area contributed by atoms with Crippen molar-refractivity contribution < 1.29 is 0 Å². The lowest BCUT2D eigenvalue weighted by Crippen LogP contribution is -2.44. The smallest absolute Gasteiger partial charge is 0.0140 e. The molecule has 0 radical (unpaired) electrons. The molecule has 0 saturated heterocycles. The highest BCUT2D eigenvalue weighted by Crippen LogP contribution is 2.37. The molecule has 1 fully saturated rings. The SMILES string of the molecule is CC(C)=CCNC1CCCCC1C(C)(C)C. The Labute approximate surface area is 102 Å². The maximum absolute atomic E-state index is 3.73. The summed E-state index contributed by atoms with van der Waals surface area (Å²) in [6, 6.07) is 0.726. The van der Waals surface area contributed by atoms with Crippen LogP contribution >= 0.6 is 0 Å². The van der Waals surface area contributed by atoms with Crippen molar-refractivity contribution in [2.45, 2.75) is 66.3 Å². The van der Waals surface area contributed by atoms with Crippen LogP contribution in [0.3, 0.4) is 0 Å². The molecule has 1 rings (SSSR count). The van der Waals surface area contributed by atoms with Crippen molar-refractivity contribution in [3.63, 3.8) is 0 Å². The van der Waals surface area contributed by atoms with E-state index in [0.717, 1.165) is 18.5 Å². The molecule has 1 nitrogen and oxygen atoms in total. The van der Waals surface area contributed by atoms with Gasteiger partial charge in [0.1, 0.15) is 0 Å². The Hall–Kier alpha value is -0.300. The van der Waals surface area contributed by atoms with Gasteiger partial charge in [-0.2, -0.15) is 0 Å². The van der Waals surface area contributed by atoms with Gasteiger partial charge in [-0.3, -0.25) is 0 Å². The van der Waals surface area contributed by atoms with Gasteiger partial charge in [-0.25, -0.2) is 0 Å². The molecule has 0 bridgehead atoms. The summed E-state index contributed by atoms with van der Waals surface area (Å²) in [7, 11) is 0. The van der Waals surface area contributed by atoms with E-state index in [1.165, 1.54) is 31.3 Å². The standard InChI is InChI=1S/C15H29N/c1-12(2)10-11-16-14-9-7-6-8-13(14)15(3,4)5/h10,13-14,16H,6-9,11H2,1-5H3. The minimum Gasteiger partial charge on any atom is -0.310 e. The third kappa shape index (κ3) is 4.29. The summed E-state index contributed by atoms with van der Waals surface area (Å²) in [6.07, 6.45) is 7.88. The predicted octanol–water partition coefficient (Wildman–Crippen LogP) is 4.15. The monoisotopic (exact) mass is 223 g/mol. The van der Waals surface area contributed by atoms with Gasteiger partial charge in [0.2, 0.25) is 0 Å². The first-order valence-corrected chi connectivity index (χ1v) is 6.78.